The molecular formula is C34H53FN6O3. The minimum atomic E-state index is -0.497. The summed E-state index contributed by atoms with van der Waals surface area (Å²) in [6.45, 7) is 5.36. The molecule has 1 aromatic carbocycles. The number of piperazine rings is 1. The number of aromatic nitrogens is 3. The van der Waals surface area contributed by atoms with E-state index in [9.17, 15) is 9.59 Å². The first-order valence-electron chi connectivity index (χ1n) is 17.2. The molecule has 244 valence electrons. The van der Waals surface area contributed by atoms with Gasteiger partial charge in [-0.15, -0.1) is 5.10 Å². The Labute approximate surface area is 263 Å². The maximum Gasteiger partial charge on any atom is 0.414 e. The van der Waals surface area contributed by atoms with Crippen LogP contribution >= 0.6 is 0 Å². The van der Waals surface area contributed by atoms with Crippen molar-refractivity contribution in [1.82, 2.24) is 19.9 Å². The lowest BCUT2D eigenvalue weighted by Gasteiger charge is -2.36. The summed E-state index contributed by atoms with van der Waals surface area (Å²) >= 11 is 0. The van der Waals surface area contributed by atoms with Crippen LogP contribution in [0, 0.1) is 5.82 Å². The van der Waals surface area contributed by atoms with Gasteiger partial charge in [0.05, 0.1) is 30.7 Å². The first kappa shape index (κ1) is 33.7. The maximum absolute atomic E-state index is 15.2. The predicted molar refractivity (Wildman–Crippen MR) is 172 cm³/mol. The van der Waals surface area contributed by atoms with E-state index in [0.29, 0.717) is 57.1 Å². The molecule has 1 atom stereocenters. The second-order valence-corrected chi connectivity index (χ2v) is 12.4. The van der Waals surface area contributed by atoms with Gasteiger partial charge >= 0.3 is 6.09 Å². The van der Waals surface area contributed by atoms with Gasteiger partial charge < -0.3 is 14.5 Å². The lowest BCUT2D eigenvalue weighted by atomic mass is 10.0. The van der Waals surface area contributed by atoms with E-state index in [4.69, 9.17) is 4.74 Å². The number of hydrogen-bond donors (Lipinski definition) is 0. The molecule has 2 fully saturated rings. The highest BCUT2D eigenvalue weighted by atomic mass is 19.1. The average Bonchev–Trinajstić information content (AvgIpc) is 3.68. The Hall–Kier alpha value is -3.17. The monoisotopic (exact) mass is 612 g/mol. The lowest BCUT2D eigenvalue weighted by molar-refractivity contribution is -0.131. The zero-order chi connectivity index (χ0) is 31.0. The number of benzene rings is 1. The molecular weight excluding hydrogens is 559 g/mol. The molecule has 10 heteroatoms. The molecule has 0 spiro atoms. The molecule has 2 saturated heterocycles. The summed E-state index contributed by atoms with van der Waals surface area (Å²) in [7, 11) is 0. The fraction of sp³-hybridized carbons (Fsp3) is 0.706. The van der Waals surface area contributed by atoms with Crippen molar-refractivity contribution in [1.29, 1.82) is 0 Å². The van der Waals surface area contributed by atoms with Gasteiger partial charge in [0.25, 0.3) is 0 Å². The minimum absolute atomic E-state index is 0.211. The Balaban J connectivity index is 1.05. The SMILES string of the molecule is CCCCCCCCCCCCCCCCCC(=O)N1CCN(c2ccc(N3C[C@H](Cn4ccnn4)OC3=O)cc2F)CC1. The van der Waals surface area contributed by atoms with Crippen LogP contribution in [0.1, 0.15) is 110 Å². The number of carbonyl (C=O) groups excluding carboxylic acids is 2. The summed E-state index contributed by atoms with van der Waals surface area (Å²) in [5, 5.41) is 7.67. The molecule has 0 unspecified atom stereocenters. The third-order valence-corrected chi connectivity index (χ3v) is 8.95. The topological polar surface area (TPSA) is 83.8 Å². The van der Waals surface area contributed by atoms with Crippen molar-refractivity contribution in [3.63, 3.8) is 0 Å². The van der Waals surface area contributed by atoms with E-state index in [0.717, 1.165) is 12.8 Å². The summed E-state index contributed by atoms with van der Waals surface area (Å²) in [4.78, 5) is 30.5. The molecule has 4 rings (SSSR count). The molecule has 0 aliphatic carbocycles. The van der Waals surface area contributed by atoms with Crippen LogP contribution in [0.5, 0.6) is 0 Å². The Morgan fingerprint density at radius 1 is 0.886 bits per heavy atom. The number of rotatable bonds is 20. The smallest absolute Gasteiger partial charge is 0.414 e. The van der Waals surface area contributed by atoms with Crippen molar-refractivity contribution in [2.45, 2.75) is 122 Å². The second kappa shape index (κ2) is 18.6. The van der Waals surface area contributed by atoms with Gasteiger partial charge in [-0.2, -0.15) is 0 Å². The van der Waals surface area contributed by atoms with Gasteiger partial charge in [-0.1, -0.05) is 102 Å². The van der Waals surface area contributed by atoms with Crippen molar-refractivity contribution >= 4 is 23.4 Å². The summed E-state index contributed by atoms with van der Waals surface area (Å²) in [5.74, 6) is -0.171. The van der Waals surface area contributed by atoms with Gasteiger partial charge in [0.2, 0.25) is 5.91 Å². The molecule has 2 amide bonds. The molecule has 9 nitrogen and oxygen atoms in total. The lowest BCUT2D eigenvalue weighted by Crippen LogP contribution is -2.49. The molecule has 0 bridgehead atoms. The first-order chi connectivity index (χ1) is 21.5. The highest BCUT2D eigenvalue weighted by Crippen LogP contribution is 2.29. The highest BCUT2D eigenvalue weighted by molar-refractivity contribution is 5.90. The van der Waals surface area contributed by atoms with Gasteiger partial charge in [0.1, 0.15) is 11.9 Å². The number of cyclic esters (lactones) is 1. The molecule has 0 saturated carbocycles. The largest absolute Gasteiger partial charge is 0.442 e. The van der Waals surface area contributed by atoms with Crippen molar-refractivity contribution in [2.75, 3.05) is 42.5 Å². The van der Waals surface area contributed by atoms with Crippen LogP contribution in [0.2, 0.25) is 0 Å². The first-order valence-corrected chi connectivity index (χ1v) is 17.2. The standard InChI is InChI=1S/C34H53FN6O3/c1-2-3-4-5-6-7-8-9-10-11-12-13-14-15-16-17-33(42)39-24-22-38(23-25-39)32-19-18-29(26-31(32)35)41-28-30(44-34(41)43)27-40-21-20-36-37-40/h18-21,26,30H,2-17,22-25,27-28H2,1H3/t30-/m0/s1. The van der Waals surface area contributed by atoms with Crippen LogP contribution in [0.4, 0.5) is 20.6 Å². The molecule has 1 aromatic heterocycles. The van der Waals surface area contributed by atoms with E-state index in [1.165, 1.54) is 94.4 Å². The Kier molecular flexibility index (Phi) is 14.2. The van der Waals surface area contributed by atoms with Crippen LogP contribution in [0.15, 0.2) is 30.6 Å². The van der Waals surface area contributed by atoms with Gasteiger partial charge in [-0.25, -0.2) is 13.9 Å². The highest BCUT2D eigenvalue weighted by Gasteiger charge is 2.33. The van der Waals surface area contributed by atoms with Crippen molar-refractivity contribution in [3.05, 3.63) is 36.4 Å². The number of unbranched alkanes of at least 4 members (excludes halogenated alkanes) is 14. The molecule has 0 radical (unpaired) electrons. The van der Waals surface area contributed by atoms with Crippen LogP contribution in [-0.2, 0) is 16.1 Å². The number of hydrogen-bond acceptors (Lipinski definition) is 6. The van der Waals surface area contributed by atoms with Crippen molar-refractivity contribution in [2.24, 2.45) is 0 Å². The van der Waals surface area contributed by atoms with Crippen LogP contribution in [-0.4, -0.2) is 70.7 Å². The number of anilines is 2. The van der Waals surface area contributed by atoms with E-state index in [-0.39, 0.29) is 17.8 Å². The minimum Gasteiger partial charge on any atom is -0.442 e. The summed E-state index contributed by atoms with van der Waals surface area (Å²) in [6, 6.07) is 4.86. The van der Waals surface area contributed by atoms with Gasteiger partial charge in [-0.3, -0.25) is 9.69 Å². The molecule has 0 N–H and O–H groups in total. The molecule has 2 aliphatic rings. The molecule has 44 heavy (non-hydrogen) atoms. The van der Waals surface area contributed by atoms with E-state index in [1.807, 2.05) is 9.80 Å². The van der Waals surface area contributed by atoms with Crippen molar-refractivity contribution in [3.8, 4) is 0 Å². The third kappa shape index (κ3) is 10.8. The molecule has 2 aliphatic heterocycles. The number of nitrogens with zero attached hydrogens (tertiary/aromatic N) is 6. The second-order valence-electron chi connectivity index (χ2n) is 12.4. The van der Waals surface area contributed by atoms with Crippen LogP contribution in [0.3, 0.4) is 0 Å². The van der Waals surface area contributed by atoms with E-state index < -0.39 is 6.09 Å². The molecule has 3 heterocycles. The van der Waals surface area contributed by atoms with E-state index >= 15 is 4.39 Å². The fourth-order valence-electron chi connectivity index (χ4n) is 6.29. The number of ether oxygens (including phenoxy) is 1. The van der Waals surface area contributed by atoms with Gasteiger partial charge in [-0.05, 0) is 24.6 Å². The van der Waals surface area contributed by atoms with Gasteiger partial charge in [0.15, 0.2) is 0 Å². The zero-order valence-electron chi connectivity index (χ0n) is 26.8. The van der Waals surface area contributed by atoms with Crippen LogP contribution < -0.4 is 9.80 Å². The molecule has 2 aromatic rings. The summed E-state index contributed by atoms with van der Waals surface area (Å²) in [6.07, 6.45) is 22.7. The number of halogens is 1. The number of carbonyl (C=O) groups is 2. The quantitative estimate of drug-likeness (QED) is 0.145. The third-order valence-electron chi connectivity index (χ3n) is 8.95. The Morgan fingerprint density at radius 3 is 2.07 bits per heavy atom. The van der Waals surface area contributed by atoms with Gasteiger partial charge in [0, 0.05) is 38.8 Å². The zero-order valence-corrected chi connectivity index (χ0v) is 26.8. The summed E-state index contributed by atoms with van der Waals surface area (Å²) < 4.78 is 22.2. The van der Waals surface area contributed by atoms with E-state index in [2.05, 4.69) is 17.2 Å². The maximum atomic E-state index is 15.2. The fourth-order valence-corrected chi connectivity index (χ4v) is 6.29. The van der Waals surface area contributed by atoms with E-state index in [1.54, 1.807) is 29.2 Å². The Bertz CT molecular complexity index is 1120. The Morgan fingerprint density at radius 2 is 1.50 bits per heavy atom. The predicted octanol–water partition coefficient (Wildman–Crippen LogP) is 7.35. The van der Waals surface area contributed by atoms with Crippen LogP contribution in [0.25, 0.3) is 0 Å². The normalized spacial score (nSPS) is 17.0. The summed E-state index contributed by atoms with van der Waals surface area (Å²) in [5.41, 5.74) is 0.963. The van der Waals surface area contributed by atoms with Crippen molar-refractivity contribution < 1.29 is 18.7 Å². The average molecular weight is 613 g/mol. The number of amides is 2.